The Morgan fingerprint density at radius 1 is 1.35 bits per heavy atom. The molecule has 1 heterocycles. The maximum atomic E-state index is 8.96. The number of aromatic nitrogens is 1. The van der Waals surface area contributed by atoms with E-state index in [9.17, 15) is 0 Å². The molecular formula is C23H30N8. The molecule has 0 radical (unpaired) electrons. The molecule has 31 heavy (non-hydrogen) atoms. The molecule has 0 fully saturated rings. The number of hydrogen-bond acceptors (Lipinski definition) is 8. The summed E-state index contributed by atoms with van der Waals surface area (Å²) in [7, 11) is 3.71. The summed E-state index contributed by atoms with van der Waals surface area (Å²) in [4.78, 5) is 10.6. The number of nitriles is 1. The van der Waals surface area contributed by atoms with Gasteiger partial charge in [-0.2, -0.15) is 5.26 Å². The Morgan fingerprint density at radius 2 is 2.10 bits per heavy atom. The highest BCUT2D eigenvalue weighted by atomic mass is 15.1. The first kappa shape index (κ1) is 23.6. The Kier molecular flexibility index (Phi) is 9.23. The van der Waals surface area contributed by atoms with E-state index >= 15 is 0 Å². The second-order valence-corrected chi connectivity index (χ2v) is 6.99. The van der Waals surface area contributed by atoms with Gasteiger partial charge in [0.1, 0.15) is 18.1 Å². The molecule has 0 amide bonds. The minimum absolute atomic E-state index is 0.391. The zero-order chi connectivity index (χ0) is 22.6. The molecule has 162 valence electrons. The number of aliphatic imine (C=N–C) groups is 1. The van der Waals surface area contributed by atoms with Gasteiger partial charge in [0.15, 0.2) is 0 Å². The van der Waals surface area contributed by atoms with E-state index < -0.39 is 6.17 Å². The fourth-order valence-electron chi connectivity index (χ4n) is 2.71. The largest absolute Gasteiger partial charge is 0.394 e. The van der Waals surface area contributed by atoms with E-state index in [2.05, 4.69) is 26.7 Å². The number of anilines is 1. The molecule has 1 atom stereocenters. The number of nitrogens with zero attached hydrogens (tertiary/aromatic N) is 4. The fraction of sp³-hybridized carbons (Fsp3) is 0.261. The third-order valence-corrected chi connectivity index (χ3v) is 4.45. The summed E-state index contributed by atoms with van der Waals surface area (Å²) in [5.74, 6) is 0.768. The number of allylic oxidation sites excluding steroid dienone is 1. The van der Waals surface area contributed by atoms with Crippen molar-refractivity contribution in [1.82, 2.24) is 15.2 Å². The number of nitrogens with two attached hydrogens (primary N) is 2. The lowest BCUT2D eigenvalue weighted by Crippen LogP contribution is -2.20. The van der Waals surface area contributed by atoms with Gasteiger partial charge in [-0.1, -0.05) is 24.3 Å². The van der Waals surface area contributed by atoms with Crippen LogP contribution in [0.5, 0.6) is 0 Å². The highest BCUT2D eigenvalue weighted by Crippen LogP contribution is 2.17. The molecule has 1 aromatic carbocycles. The summed E-state index contributed by atoms with van der Waals surface area (Å²) in [6.07, 6.45) is 8.35. The van der Waals surface area contributed by atoms with Crippen LogP contribution < -0.4 is 22.1 Å². The summed E-state index contributed by atoms with van der Waals surface area (Å²) in [5, 5.41) is 15.2. The van der Waals surface area contributed by atoms with Crippen LogP contribution in [0.1, 0.15) is 22.3 Å². The van der Waals surface area contributed by atoms with Gasteiger partial charge < -0.3 is 27.0 Å². The topological polar surface area (TPSA) is 128 Å². The lowest BCUT2D eigenvalue weighted by Gasteiger charge is -2.14. The molecular weight excluding hydrogens is 388 g/mol. The van der Waals surface area contributed by atoms with Crippen LogP contribution in [0.2, 0.25) is 0 Å². The summed E-state index contributed by atoms with van der Waals surface area (Å²) in [6.45, 7) is 2.94. The van der Waals surface area contributed by atoms with Gasteiger partial charge in [0.05, 0.1) is 12.2 Å². The molecule has 8 nitrogen and oxygen atoms in total. The second-order valence-electron chi connectivity index (χ2n) is 6.99. The molecule has 0 spiro atoms. The SMILES string of the molecule is CN/C=C\C(N)/N=C\C(=C/N(C)CN)c1ccc(CNc2ncc(C#N)cc2C)cc1. The van der Waals surface area contributed by atoms with Gasteiger partial charge in [0.2, 0.25) is 0 Å². The Labute approximate surface area is 184 Å². The van der Waals surface area contributed by atoms with Crippen molar-refractivity contribution >= 4 is 17.6 Å². The fourth-order valence-corrected chi connectivity index (χ4v) is 2.71. The molecule has 2 aromatic rings. The summed E-state index contributed by atoms with van der Waals surface area (Å²) in [5.41, 5.74) is 16.2. The number of hydrogen-bond donors (Lipinski definition) is 4. The van der Waals surface area contributed by atoms with Gasteiger partial charge in [-0.3, -0.25) is 4.99 Å². The van der Waals surface area contributed by atoms with E-state index in [-0.39, 0.29) is 0 Å². The molecule has 0 saturated carbocycles. The first-order chi connectivity index (χ1) is 15.0. The predicted molar refractivity (Wildman–Crippen MR) is 127 cm³/mol. The van der Waals surface area contributed by atoms with Crippen molar-refractivity contribution in [2.45, 2.75) is 19.6 Å². The number of nitrogens with one attached hydrogen (secondary N) is 2. The number of aryl methyl sites for hydroxylation is 1. The molecule has 0 bridgehead atoms. The van der Waals surface area contributed by atoms with Gasteiger partial charge in [-0.05, 0) is 42.0 Å². The van der Waals surface area contributed by atoms with Crippen LogP contribution in [0.3, 0.4) is 0 Å². The Hall–Kier alpha value is -3.67. The molecule has 1 aromatic heterocycles. The molecule has 6 N–H and O–H groups in total. The lowest BCUT2D eigenvalue weighted by molar-refractivity contribution is 0.474. The van der Waals surface area contributed by atoms with Crippen LogP contribution in [-0.4, -0.2) is 43.0 Å². The van der Waals surface area contributed by atoms with Crippen molar-refractivity contribution in [3.05, 3.63) is 77.3 Å². The number of pyridine rings is 1. The third-order valence-electron chi connectivity index (χ3n) is 4.45. The van der Waals surface area contributed by atoms with Gasteiger partial charge in [-0.25, -0.2) is 4.98 Å². The second kappa shape index (κ2) is 12.1. The van der Waals surface area contributed by atoms with E-state index in [0.717, 1.165) is 28.1 Å². The van der Waals surface area contributed by atoms with Crippen molar-refractivity contribution < 1.29 is 0 Å². The minimum Gasteiger partial charge on any atom is -0.394 e. The van der Waals surface area contributed by atoms with Crippen LogP contribution in [0.25, 0.3) is 5.57 Å². The molecule has 0 aliphatic carbocycles. The number of benzene rings is 1. The average Bonchev–Trinajstić information content (AvgIpc) is 2.79. The molecule has 2 rings (SSSR count). The first-order valence-electron chi connectivity index (χ1n) is 9.91. The van der Waals surface area contributed by atoms with Crippen LogP contribution in [0.4, 0.5) is 5.82 Å². The van der Waals surface area contributed by atoms with Crippen LogP contribution in [0.15, 0.2) is 60.0 Å². The third kappa shape index (κ3) is 7.59. The van der Waals surface area contributed by atoms with Crippen LogP contribution in [0, 0.1) is 18.3 Å². The Morgan fingerprint density at radius 3 is 2.71 bits per heavy atom. The standard InChI is InChI=1S/C23H30N8/c1-17-10-19(11-24)13-30-23(17)29-12-18-4-6-20(7-5-18)21(15-31(3)16-25)14-28-22(26)8-9-27-2/h4-10,13-15,22,27H,12,16,25-26H2,1-3H3,(H,29,30)/b9-8-,21-15+,28-14-. The highest BCUT2D eigenvalue weighted by molar-refractivity contribution is 6.09. The Balaban J connectivity index is 2.13. The predicted octanol–water partition coefficient (Wildman–Crippen LogP) is 2.15. The molecule has 8 heteroatoms. The van der Waals surface area contributed by atoms with Crippen molar-refractivity contribution in [3.63, 3.8) is 0 Å². The van der Waals surface area contributed by atoms with Crippen LogP contribution in [-0.2, 0) is 6.54 Å². The smallest absolute Gasteiger partial charge is 0.129 e. The monoisotopic (exact) mass is 418 g/mol. The van der Waals surface area contributed by atoms with E-state index in [4.69, 9.17) is 16.7 Å². The maximum Gasteiger partial charge on any atom is 0.129 e. The minimum atomic E-state index is -0.439. The van der Waals surface area contributed by atoms with Gasteiger partial charge in [-0.15, -0.1) is 0 Å². The lowest BCUT2D eigenvalue weighted by atomic mass is 10.1. The molecule has 1 unspecified atom stereocenters. The zero-order valence-corrected chi connectivity index (χ0v) is 18.2. The normalized spacial score (nSPS) is 12.7. The molecule has 0 aliphatic rings. The molecule has 0 aliphatic heterocycles. The van der Waals surface area contributed by atoms with Crippen LogP contribution >= 0.6 is 0 Å². The van der Waals surface area contributed by atoms with Crippen molar-refractivity contribution in [1.29, 1.82) is 5.26 Å². The van der Waals surface area contributed by atoms with E-state index in [1.807, 2.05) is 62.5 Å². The zero-order valence-electron chi connectivity index (χ0n) is 18.2. The quantitative estimate of drug-likeness (QED) is 0.344. The summed E-state index contributed by atoms with van der Waals surface area (Å²) in [6, 6.07) is 12.1. The number of rotatable bonds is 10. The molecule has 0 saturated heterocycles. The first-order valence-corrected chi connectivity index (χ1v) is 9.91. The van der Waals surface area contributed by atoms with Crippen molar-refractivity contribution in [2.24, 2.45) is 16.5 Å². The maximum absolute atomic E-state index is 8.96. The highest BCUT2D eigenvalue weighted by Gasteiger charge is 2.04. The average molecular weight is 419 g/mol. The van der Waals surface area contributed by atoms with Crippen molar-refractivity contribution in [3.8, 4) is 6.07 Å². The summed E-state index contributed by atoms with van der Waals surface area (Å²) >= 11 is 0. The van der Waals surface area contributed by atoms with Crippen molar-refractivity contribution in [2.75, 3.05) is 26.1 Å². The van der Waals surface area contributed by atoms with E-state index in [0.29, 0.717) is 18.8 Å². The summed E-state index contributed by atoms with van der Waals surface area (Å²) < 4.78 is 0. The Bertz CT molecular complexity index is 970. The van der Waals surface area contributed by atoms with Gasteiger partial charge >= 0.3 is 0 Å². The van der Waals surface area contributed by atoms with Gasteiger partial charge in [0.25, 0.3) is 0 Å². The van der Waals surface area contributed by atoms with E-state index in [1.165, 1.54) is 0 Å². The van der Waals surface area contributed by atoms with Gasteiger partial charge in [0, 0.05) is 44.8 Å². The van der Waals surface area contributed by atoms with E-state index in [1.54, 1.807) is 24.7 Å².